The van der Waals surface area contributed by atoms with E-state index >= 15 is 0 Å². The van der Waals surface area contributed by atoms with Gasteiger partial charge in [-0.05, 0) is 24.3 Å². The second kappa shape index (κ2) is 6.02. The molecule has 0 atom stereocenters. The van der Waals surface area contributed by atoms with Crippen LogP contribution >= 0.6 is 11.3 Å². The normalized spacial score (nSPS) is 15.0. The van der Waals surface area contributed by atoms with E-state index in [9.17, 15) is 8.42 Å². The van der Waals surface area contributed by atoms with Crippen LogP contribution in [-0.2, 0) is 29.5 Å². The zero-order valence-corrected chi connectivity index (χ0v) is 14.3. The molecule has 1 aliphatic rings. The predicted molar refractivity (Wildman–Crippen MR) is 84.7 cm³/mol. The average molecular weight is 341 g/mol. The Hall–Kier alpha value is -1.38. The van der Waals surface area contributed by atoms with Crippen molar-refractivity contribution in [3.63, 3.8) is 0 Å². The zero-order valence-electron chi connectivity index (χ0n) is 12.7. The average Bonchev–Trinajstić information content (AvgIpc) is 3.12. The lowest BCUT2D eigenvalue weighted by molar-refractivity contribution is 0.402. The van der Waals surface area contributed by atoms with Crippen LogP contribution in [0.15, 0.2) is 21.9 Å². The molecule has 0 aliphatic carbocycles. The summed E-state index contributed by atoms with van der Waals surface area (Å²) < 4.78 is 34.1. The minimum atomic E-state index is -3.56. The summed E-state index contributed by atoms with van der Waals surface area (Å²) in [4.78, 5) is 4.56. The monoisotopic (exact) mass is 341 g/mol. The summed E-state index contributed by atoms with van der Waals surface area (Å²) in [5, 5.41) is 1.72. The van der Waals surface area contributed by atoms with Crippen molar-refractivity contribution < 1.29 is 13.2 Å². The van der Waals surface area contributed by atoms with Crippen molar-refractivity contribution in [2.75, 3.05) is 14.2 Å². The highest BCUT2D eigenvalue weighted by Crippen LogP contribution is 2.32. The van der Waals surface area contributed by atoms with E-state index in [0.29, 0.717) is 5.75 Å². The molecule has 0 aromatic carbocycles. The van der Waals surface area contributed by atoms with Crippen molar-refractivity contribution in [2.45, 2.75) is 36.6 Å². The van der Waals surface area contributed by atoms with Gasteiger partial charge in [-0.1, -0.05) is 0 Å². The maximum absolute atomic E-state index is 12.6. The van der Waals surface area contributed by atoms with Gasteiger partial charge in [-0.15, -0.1) is 11.3 Å². The Labute approximate surface area is 134 Å². The largest absolute Gasteiger partial charge is 0.494 e. The summed E-state index contributed by atoms with van der Waals surface area (Å²) >= 11 is 1.17. The fraction of sp³-hybridized carbons (Fsp3) is 0.500. The van der Waals surface area contributed by atoms with E-state index in [-0.39, 0.29) is 10.8 Å². The molecule has 8 heteroatoms. The number of aromatic nitrogens is 2. The van der Waals surface area contributed by atoms with Gasteiger partial charge in [-0.3, -0.25) is 0 Å². The summed E-state index contributed by atoms with van der Waals surface area (Å²) in [6.45, 7) is 1.24. The molecule has 0 bridgehead atoms. The number of hydrogen-bond acceptors (Lipinski definition) is 5. The standard InChI is InChI=1S/C14H19N3O3S2/c1-16(22(18,19)14-12(20-2)6-8-21-14)9-11-10-17-7-4-3-5-13(17)15-11/h6,8,10H,3-5,7,9H2,1-2H3. The summed E-state index contributed by atoms with van der Waals surface area (Å²) in [7, 11) is -0.507. The number of hydrogen-bond donors (Lipinski definition) is 0. The molecule has 0 fully saturated rings. The number of nitrogens with zero attached hydrogens (tertiary/aromatic N) is 3. The molecule has 2 aromatic heterocycles. The number of ether oxygens (including phenoxy) is 1. The van der Waals surface area contributed by atoms with Gasteiger partial charge < -0.3 is 9.30 Å². The molecule has 3 heterocycles. The minimum Gasteiger partial charge on any atom is -0.494 e. The fourth-order valence-electron chi connectivity index (χ4n) is 2.63. The molecule has 120 valence electrons. The van der Waals surface area contributed by atoms with E-state index in [0.717, 1.165) is 37.3 Å². The Morgan fingerprint density at radius 1 is 1.45 bits per heavy atom. The quantitative estimate of drug-likeness (QED) is 0.835. The first-order valence-corrected chi connectivity index (χ1v) is 9.47. The highest BCUT2D eigenvalue weighted by molar-refractivity contribution is 7.91. The lowest BCUT2D eigenvalue weighted by atomic mass is 10.2. The molecule has 0 saturated carbocycles. The Morgan fingerprint density at radius 2 is 2.27 bits per heavy atom. The van der Waals surface area contributed by atoms with Crippen molar-refractivity contribution >= 4 is 21.4 Å². The van der Waals surface area contributed by atoms with Crippen molar-refractivity contribution in [1.29, 1.82) is 0 Å². The number of aryl methyl sites for hydroxylation is 2. The van der Waals surface area contributed by atoms with E-state index in [1.165, 1.54) is 22.8 Å². The van der Waals surface area contributed by atoms with Crippen LogP contribution in [-0.4, -0.2) is 36.4 Å². The van der Waals surface area contributed by atoms with Crippen LogP contribution in [0.4, 0.5) is 0 Å². The number of sulfonamides is 1. The SMILES string of the molecule is COc1ccsc1S(=O)(=O)N(C)Cc1cn2c(n1)CCCC2. The third-order valence-corrected chi connectivity index (χ3v) is 7.03. The molecule has 0 saturated heterocycles. The van der Waals surface area contributed by atoms with Gasteiger partial charge in [0.2, 0.25) is 0 Å². The molecule has 0 radical (unpaired) electrons. The molecule has 0 amide bonds. The van der Waals surface area contributed by atoms with E-state index in [2.05, 4.69) is 9.55 Å². The van der Waals surface area contributed by atoms with Gasteiger partial charge in [0, 0.05) is 26.2 Å². The molecule has 0 spiro atoms. The molecular formula is C14H19N3O3S2. The maximum atomic E-state index is 12.6. The number of thiophene rings is 1. The Bertz CT molecular complexity index is 741. The Balaban J connectivity index is 1.81. The summed E-state index contributed by atoms with van der Waals surface area (Å²) in [5.74, 6) is 1.45. The van der Waals surface area contributed by atoms with E-state index in [4.69, 9.17) is 4.74 Å². The van der Waals surface area contributed by atoms with Crippen LogP contribution in [0.1, 0.15) is 24.4 Å². The number of imidazole rings is 1. The molecule has 0 N–H and O–H groups in total. The van der Waals surface area contributed by atoms with Crippen LogP contribution in [0.3, 0.4) is 0 Å². The smallest absolute Gasteiger partial charge is 0.256 e. The van der Waals surface area contributed by atoms with Crippen LogP contribution in [0.5, 0.6) is 5.75 Å². The summed E-state index contributed by atoms with van der Waals surface area (Å²) in [6.07, 6.45) is 5.24. The summed E-state index contributed by atoms with van der Waals surface area (Å²) in [6, 6.07) is 1.67. The van der Waals surface area contributed by atoms with E-state index < -0.39 is 10.0 Å². The van der Waals surface area contributed by atoms with Crippen molar-refractivity contribution in [1.82, 2.24) is 13.9 Å². The van der Waals surface area contributed by atoms with E-state index in [1.807, 2.05) is 6.20 Å². The summed E-state index contributed by atoms with van der Waals surface area (Å²) in [5.41, 5.74) is 0.790. The fourth-order valence-corrected chi connectivity index (χ4v) is 5.23. The van der Waals surface area contributed by atoms with Gasteiger partial charge in [-0.2, -0.15) is 4.31 Å². The van der Waals surface area contributed by atoms with Gasteiger partial charge >= 0.3 is 0 Å². The first-order chi connectivity index (χ1) is 10.5. The number of fused-ring (bicyclic) bond motifs is 1. The van der Waals surface area contributed by atoms with Gasteiger partial charge in [0.15, 0.2) is 4.21 Å². The van der Waals surface area contributed by atoms with Crippen LogP contribution in [0.2, 0.25) is 0 Å². The maximum Gasteiger partial charge on any atom is 0.256 e. The third kappa shape index (κ3) is 2.78. The highest BCUT2D eigenvalue weighted by Gasteiger charge is 2.27. The van der Waals surface area contributed by atoms with Crippen molar-refractivity contribution in [3.8, 4) is 5.75 Å². The first-order valence-electron chi connectivity index (χ1n) is 7.15. The Kier molecular flexibility index (Phi) is 4.24. The second-order valence-corrected chi connectivity index (χ2v) is 8.49. The molecule has 6 nitrogen and oxygen atoms in total. The lowest BCUT2D eigenvalue weighted by Crippen LogP contribution is -2.26. The minimum absolute atomic E-state index is 0.237. The second-order valence-electron chi connectivity index (χ2n) is 5.34. The molecule has 2 aromatic rings. The van der Waals surface area contributed by atoms with Gasteiger partial charge in [0.05, 0.1) is 19.3 Å². The van der Waals surface area contributed by atoms with Crippen LogP contribution in [0, 0.1) is 0 Å². The molecule has 3 rings (SSSR count). The van der Waals surface area contributed by atoms with E-state index in [1.54, 1.807) is 18.5 Å². The number of rotatable bonds is 5. The van der Waals surface area contributed by atoms with Gasteiger partial charge in [0.25, 0.3) is 10.0 Å². The lowest BCUT2D eigenvalue weighted by Gasteiger charge is -2.15. The Morgan fingerprint density at radius 3 is 3.00 bits per heavy atom. The molecular weight excluding hydrogens is 322 g/mol. The number of methoxy groups -OCH3 is 1. The zero-order chi connectivity index (χ0) is 15.7. The third-order valence-electron chi connectivity index (χ3n) is 3.80. The topological polar surface area (TPSA) is 64.4 Å². The molecule has 0 unspecified atom stereocenters. The first kappa shape index (κ1) is 15.5. The highest BCUT2D eigenvalue weighted by atomic mass is 32.2. The predicted octanol–water partition coefficient (Wildman–Crippen LogP) is 2.11. The van der Waals surface area contributed by atoms with Crippen LogP contribution in [0.25, 0.3) is 0 Å². The van der Waals surface area contributed by atoms with Gasteiger partial charge in [0.1, 0.15) is 11.6 Å². The van der Waals surface area contributed by atoms with Crippen molar-refractivity contribution in [2.24, 2.45) is 0 Å². The molecule has 22 heavy (non-hydrogen) atoms. The van der Waals surface area contributed by atoms with Crippen molar-refractivity contribution in [3.05, 3.63) is 29.2 Å². The molecule has 1 aliphatic heterocycles. The van der Waals surface area contributed by atoms with Gasteiger partial charge in [-0.25, -0.2) is 13.4 Å². The van der Waals surface area contributed by atoms with Crippen LogP contribution < -0.4 is 4.74 Å².